The molecule has 0 aliphatic heterocycles. The molecule has 4 nitrogen and oxygen atoms in total. The molecule has 0 saturated carbocycles. The standard InChI is InChI=1S/C14H14FNO3S/c1-19-12-6-5-10(14(15)8-12)9-20(17,18)13-4-2-3-11(16)7-13/h2-8H,9,16H2,1H3. The number of ether oxygens (including phenoxy) is 1. The maximum absolute atomic E-state index is 13.8. The number of methoxy groups -OCH3 is 1. The lowest BCUT2D eigenvalue weighted by Gasteiger charge is -2.08. The number of benzene rings is 2. The number of nitrogen functional groups attached to an aromatic ring is 1. The predicted octanol–water partition coefficient (Wildman–Crippen LogP) is 2.39. The van der Waals surface area contributed by atoms with E-state index in [1.807, 2.05) is 0 Å². The van der Waals surface area contributed by atoms with Crippen molar-refractivity contribution < 1.29 is 17.5 Å². The summed E-state index contributed by atoms with van der Waals surface area (Å²) in [6.45, 7) is 0. The molecule has 0 radical (unpaired) electrons. The summed E-state index contributed by atoms with van der Waals surface area (Å²) >= 11 is 0. The summed E-state index contributed by atoms with van der Waals surface area (Å²) in [5.74, 6) is -0.698. The molecule has 0 atom stereocenters. The summed E-state index contributed by atoms with van der Waals surface area (Å²) in [4.78, 5) is 0.0766. The largest absolute Gasteiger partial charge is 0.497 e. The highest BCUT2D eigenvalue weighted by atomic mass is 32.2. The summed E-state index contributed by atoms with van der Waals surface area (Å²) in [5.41, 5.74) is 6.00. The highest BCUT2D eigenvalue weighted by Gasteiger charge is 2.18. The summed E-state index contributed by atoms with van der Waals surface area (Å²) in [5, 5.41) is 0. The van der Waals surface area contributed by atoms with Crippen LogP contribution in [0.25, 0.3) is 0 Å². The third-order valence-corrected chi connectivity index (χ3v) is 4.49. The Kier molecular flexibility index (Phi) is 3.94. The van der Waals surface area contributed by atoms with Crippen molar-refractivity contribution in [3.63, 3.8) is 0 Å². The SMILES string of the molecule is COc1ccc(CS(=O)(=O)c2cccc(N)c2)c(F)c1. The number of hydrogen-bond donors (Lipinski definition) is 1. The zero-order valence-corrected chi connectivity index (χ0v) is 11.7. The van der Waals surface area contributed by atoms with Crippen LogP contribution in [0, 0.1) is 5.82 Å². The van der Waals surface area contributed by atoms with E-state index in [2.05, 4.69) is 0 Å². The maximum Gasteiger partial charge on any atom is 0.182 e. The molecule has 0 fully saturated rings. The number of rotatable bonds is 4. The van der Waals surface area contributed by atoms with Crippen molar-refractivity contribution in [2.45, 2.75) is 10.6 Å². The van der Waals surface area contributed by atoms with E-state index in [1.54, 1.807) is 12.1 Å². The van der Waals surface area contributed by atoms with Crippen molar-refractivity contribution in [2.24, 2.45) is 0 Å². The van der Waals surface area contributed by atoms with Gasteiger partial charge < -0.3 is 10.5 Å². The van der Waals surface area contributed by atoms with Crippen LogP contribution in [0.4, 0.5) is 10.1 Å². The second kappa shape index (κ2) is 5.50. The average Bonchev–Trinajstić information content (AvgIpc) is 2.41. The Bertz CT molecular complexity index is 729. The minimum Gasteiger partial charge on any atom is -0.497 e. The molecule has 0 spiro atoms. The van der Waals surface area contributed by atoms with Gasteiger partial charge in [0.15, 0.2) is 9.84 Å². The molecule has 0 heterocycles. The number of hydrogen-bond acceptors (Lipinski definition) is 4. The first-order chi connectivity index (χ1) is 9.42. The van der Waals surface area contributed by atoms with Gasteiger partial charge in [-0.1, -0.05) is 12.1 Å². The first-order valence-electron chi connectivity index (χ1n) is 5.83. The minimum absolute atomic E-state index is 0.0766. The van der Waals surface area contributed by atoms with Crippen molar-refractivity contribution in [3.05, 3.63) is 53.8 Å². The molecular weight excluding hydrogens is 281 g/mol. The van der Waals surface area contributed by atoms with Crippen LogP contribution < -0.4 is 10.5 Å². The van der Waals surface area contributed by atoms with Gasteiger partial charge in [-0.25, -0.2) is 12.8 Å². The second-order valence-corrected chi connectivity index (χ2v) is 6.28. The van der Waals surface area contributed by atoms with E-state index in [0.717, 1.165) is 6.07 Å². The molecule has 2 rings (SSSR count). The third kappa shape index (κ3) is 3.08. The van der Waals surface area contributed by atoms with Crippen LogP contribution >= 0.6 is 0 Å². The molecule has 2 aromatic rings. The van der Waals surface area contributed by atoms with E-state index in [-0.39, 0.29) is 10.5 Å². The fourth-order valence-electron chi connectivity index (χ4n) is 1.77. The van der Waals surface area contributed by atoms with Gasteiger partial charge in [-0.3, -0.25) is 0 Å². The normalized spacial score (nSPS) is 11.3. The lowest BCUT2D eigenvalue weighted by molar-refractivity contribution is 0.411. The summed E-state index contributed by atoms with van der Waals surface area (Å²) in [7, 11) is -2.22. The molecular formula is C14H14FNO3S. The summed E-state index contributed by atoms with van der Waals surface area (Å²) in [6, 6.07) is 10.0. The highest BCUT2D eigenvalue weighted by Crippen LogP contribution is 2.22. The fourth-order valence-corrected chi connectivity index (χ4v) is 3.18. The number of anilines is 1. The molecule has 0 saturated heterocycles. The van der Waals surface area contributed by atoms with Gasteiger partial charge in [0.2, 0.25) is 0 Å². The fraction of sp³-hybridized carbons (Fsp3) is 0.143. The molecule has 20 heavy (non-hydrogen) atoms. The molecule has 0 aliphatic rings. The van der Waals surface area contributed by atoms with Crippen molar-refractivity contribution in [1.82, 2.24) is 0 Å². The molecule has 0 amide bonds. The zero-order chi connectivity index (χ0) is 14.8. The van der Waals surface area contributed by atoms with Crippen LogP contribution in [-0.4, -0.2) is 15.5 Å². The van der Waals surface area contributed by atoms with Crippen molar-refractivity contribution in [3.8, 4) is 5.75 Å². The molecule has 0 bridgehead atoms. The summed E-state index contributed by atoms with van der Waals surface area (Å²) in [6.07, 6.45) is 0. The number of sulfone groups is 1. The molecule has 2 N–H and O–H groups in total. The third-order valence-electron chi connectivity index (χ3n) is 2.82. The van der Waals surface area contributed by atoms with E-state index in [1.165, 1.54) is 31.4 Å². The van der Waals surface area contributed by atoms with Crippen LogP contribution in [0.2, 0.25) is 0 Å². The second-order valence-electron chi connectivity index (χ2n) is 4.29. The van der Waals surface area contributed by atoms with Gasteiger partial charge in [0.25, 0.3) is 0 Å². The van der Waals surface area contributed by atoms with Crippen LogP contribution in [-0.2, 0) is 15.6 Å². The summed E-state index contributed by atoms with van der Waals surface area (Å²) < 4.78 is 43.1. The Labute approximate surface area is 116 Å². The molecule has 0 aromatic heterocycles. The first-order valence-corrected chi connectivity index (χ1v) is 7.48. The Hall–Kier alpha value is -2.08. The van der Waals surface area contributed by atoms with Gasteiger partial charge in [-0.05, 0) is 24.3 Å². The molecule has 106 valence electrons. The lowest BCUT2D eigenvalue weighted by Crippen LogP contribution is -2.07. The molecule has 0 aliphatic carbocycles. The van der Waals surface area contributed by atoms with Gasteiger partial charge in [0, 0.05) is 17.3 Å². The molecule has 0 unspecified atom stereocenters. The van der Waals surface area contributed by atoms with Crippen LogP contribution in [0.1, 0.15) is 5.56 Å². The van der Waals surface area contributed by atoms with E-state index in [4.69, 9.17) is 10.5 Å². The van der Waals surface area contributed by atoms with Crippen LogP contribution in [0.3, 0.4) is 0 Å². The van der Waals surface area contributed by atoms with Crippen molar-refractivity contribution in [1.29, 1.82) is 0 Å². The van der Waals surface area contributed by atoms with E-state index < -0.39 is 21.4 Å². The quantitative estimate of drug-likeness (QED) is 0.879. The zero-order valence-electron chi connectivity index (χ0n) is 10.8. The molecule has 6 heteroatoms. The predicted molar refractivity (Wildman–Crippen MR) is 74.7 cm³/mol. The van der Waals surface area contributed by atoms with Crippen LogP contribution in [0.15, 0.2) is 47.4 Å². The number of nitrogens with two attached hydrogens (primary N) is 1. The van der Waals surface area contributed by atoms with E-state index in [9.17, 15) is 12.8 Å². The minimum atomic E-state index is -3.64. The lowest BCUT2D eigenvalue weighted by atomic mass is 10.2. The molecule has 2 aromatic carbocycles. The topological polar surface area (TPSA) is 69.4 Å². The Balaban J connectivity index is 2.33. The Morgan fingerprint density at radius 2 is 1.95 bits per heavy atom. The highest BCUT2D eigenvalue weighted by molar-refractivity contribution is 7.90. The van der Waals surface area contributed by atoms with Crippen molar-refractivity contribution in [2.75, 3.05) is 12.8 Å². The monoisotopic (exact) mass is 295 g/mol. The van der Waals surface area contributed by atoms with Crippen molar-refractivity contribution >= 4 is 15.5 Å². The van der Waals surface area contributed by atoms with Gasteiger partial charge in [0.1, 0.15) is 11.6 Å². The van der Waals surface area contributed by atoms with Gasteiger partial charge in [-0.15, -0.1) is 0 Å². The van der Waals surface area contributed by atoms with Crippen LogP contribution in [0.5, 0.6) is 5.75 Å². The first kappa shape index (κ1) is 14.3. The smallest absolute Gasteiger partial charge is 0.182 e. The van der Waals surface area contributed by atoms with Gasteiger partial charge >= 0.3 is 0 Å². The maximum atomic E-state index is 13.8. The van der Waals surface area contributed by atoms with E-state index >= 15 is 0 Å². The average molecular weight is 295 g/mol. The number of halogens is 1. The Morgan fingerprint density at radius 1 is 1.20 bits per heavy atom. The van der Waals surface area contributed by atoms with Gasteiger partial charge in [0.05, 0.1) is 17.8 Å². The van der Waals surface area contributed by atoms with Gasteiger partial charge in [-0.2, -0.15) is 0 Å². The van der Waals surface area contributed by atoms with E-state index in [0.29, 0.717) is 11.4 Å². The Morgan fingerprint density at radius 3 is 2.55 bits per heavy atom.